The molecule has 0 aromatic carbocycles. The van der Waals surface area contributed by atoms with Gasteiger partial charge in [0.05, 0.1) is 12.8 Å². The number of rotatable bonds is 7. The van der Waals surface area contributed by atoms with Crippen molar-refractivity contribution in [2.45, 2.75) is 26.8 Å². The van der Waals surface area contributed by atoms with Crippen molar-refractivity contribution in [2.75, 3.05) is 23.3 Å². The second-order valence-electron chi connectivity index (χ2n) is 4.38. The fourth-order valence-corrected chi connectivity index (χ4v) is 2.47. The van der Waals surface area contributed by atoms with Crippen molar-refractivity contribution in [1.29, 1.82) is 0 Å². The molecule has 0 spiro atoms. The lowest BCUT2D eigenvalue weighted by Crippen LogP contribution is -2.23. The molecule has 2 heterocycles. The number of aromatic nitrogens is 2. The van der Waals surface area contributed by atoms with Gasteiger partial charge in [-0.15, -0.1) is 0 Å². The molecular weight excluding hydrogens is 320 g/mol. The maximum atomic E-state index is 5.41. The van der Waals surface area contributed by atoms with Gasteiger partial charge in [-0.3, -0.25) is 0 Å². The monoisotopic (exact) mass is 338 g/mol. The Morgan fingerprint density at radius 1 is 1.35 bits per heavy atom. The summed E-state index contributed by atoms with van der Waals surface area (Å²) in [5, 5.41) is 3.29. The number of nitrogens with one attached hydrogen (secondary N) is 1. The van der Waals surface area contributed by atoms with Crippen LogP contribution in [-0.2, 0) is 6.54 Å². The zero-order valence-corrected chi connectivity index (χ0v) is 13.4. The molecule has 20 heavy (non-hydrogen) atoms. The quantitative estimate of drug-likeness (QED) is 0.834. The molecule has 6 heteroatoms. The highest BCUT2D eigenvalue weighted by Crippen LogP contribution is 2.30. The summed E-state index contributed by atoms with van der Waals surface area (Å²) in [6.45, 7) is 6.63. The van der Waals surface area contributed by atoms with Gasteiger partial charge in [0.2, 0.25) is 0 Å². The summed E-state index contributed by atoms with van der Waals surface area (Å²) in [6.07, 6.45) is 4.32. The molecule has 0 atom stereocenters. The topological polar surface area (TPSA) is 54.2 Å². The molecule has 2 aromatic heterocycles. The van der Waals surface area contributed by atoms with Crippen LogP contribution in [0.4, 0.5) is 11.6 Å². The zero-order chi connectivity index (χ0) is 14.4. The Kier molecular flexibility index (Phi) is 5.40. The Bertz CT molecular complexity index is 530. The highest BCUT2D eigenvalue weighted by molar-refractivity contribution is 9.10. The van der Waals surface area contributed by atoms with Crippen molar-refractivity contribution in [3.05, 3.63) is 35.0 Å². The first-order valence-corrected chi connectivity index (χ1v) is 7.57. The van der Waals surface area contributed by atoms with E-state index in [4.69, 9.17) is 4.42 Å². The molecule has 2 aromatic rings. The van der Waals surface area contributed by atoms with Crippen molar-refractivity contribution >= 4 is 27.6 Å². The predicted molar refractivity (Wildman–Crippen MR) is 83.9 cm³/mol. The minimum atomic E-state index is 0.687. The van der Waals surface area contributed by atoms with Gasteiger partial charge >= 0.3 is 0 Å². The van der Waals surface area contributed by atoms with Gasteiger partial charge in [0.1, 0.15) is 28.2 Å². The Balaban J connectivity index is 2.20. The Morgan fingerprint density at radius 3 is 2.85 bits per heavy atom. The number of furan rings is 1. The van der Waals surface area contributed by atoms with Crippen LogP contribution >= 0.6 is 15.9 Å². The molecule has 108 valence electrons. The van der Waals surface area contributed by atoms with Gasteiger partial charge in [-0.1, -0.05) is 6.92 Å². The van der Waals surface area contributed by atoms with Crippen LogP contribution in [0.15, 0.2) is 33.6 Å². The molecule has 0 aliphatic carbocycles. The van der Waals surface area contributed by atoms with Crippen LogP contribution in [0.1, 0.15) is 26.0 Å². The molecule has 5 nitrogen and oxygen atoms in total. The van der Waals surface area contributed by atoms with E-state index in [1.54, 1.807) is 12.6 Å². The fourth-order valence-electron chi connectivity index (χ4n) is 1.87. The maximum absolute atomic E-state index is 5.41. The largest absolute Gasteiger partial charge is 0.467 e. The molecule has 0 bridgehead atoms. The Hall–Kier alpha value is -1.56. The average molecular weight is 339 g/mol. The van der Waals surface area contributed by atoms with Gasteiger partial charge < -0.3 is 14.6 Å². The smallest absolute Gasteiger partial charge is 0.148 e. The predicted octanol–water partition coefficient (Wildman–Crippen LogP) is 3.68. The first-order valence-electron chi connectivity index (χ1n) is 6.78. The van der Waals surface area contributed by atoms with Gasteiger partial charge in [-0.05, 0) is 41.4 Å². The molecule has 0 amide bonds. The lowest BCUT2D eigenvalue weighted by molar-refractivity contribution is 0.502. The number of halogens is 1. The van der Waals surface area contributed by atoms with Crippen molar-refractivity contribution in [1.82, 2.24) is 9.97 Å². The van der Waals surface area contributed by atoms with Crippen LogP contribution in [0.5, 0.6) is 0 Å². The van der Waals surface area contributed by atoms with Crippen molar-refractivity contribution < 1.29 is 4.42 Å². The van der Waals surface area contributed by atoms with Crippen molar-refractivity contribution in [2.24, 2.45) is 0 Å². The molecule has 0 saturated heterocycles. The highest BCUT2D eigenvalue weighted by Gasteiger charge is 2.15. The summed E-state index contributed by atoms with van der Waals surface area (Å²) in [4.78, 5) is 10.8. The first kappa shape index (κ1) is 14.8. The normalized spacial score (nSPS) is 10.6. The van der Waals surface area contributed by atoms with E-state index in [1.807, 2.05) is 12.1 Å². The Morgan fingerprint density at radius 2 is 2.20 bits per heavy atom. The average Bonchev–Trinajstić information content (AvgIpc) is 2.97. The summed E-state index contributed by atoms with van der Waals surface area (Å²) in [5.74, 6) is 2.62. The van der Waals surface area contributed by atoms with Crippen LogP contribution in [0.25, 0.3) is 0 Å². The lowest BCUT2D eigenvalue weighted by atomic mass is 10.3. The molecule has 1 N–H and O–H groups in total. The summed E-state index contributed by atoms with van der Waals surface area (Å²) in [7, 11) is 0. The molecule has 0 unspecified atom stereocenters. The number of anilines is 2. The van der Waals surface area contributed by atoms with E-state index in [0.717, 1.165) is 41.4 Å². The molecule has 0 aliphatic rings. The standard InChI is InChI=1S/C14H19BrN4O/c1-3-7-16-13-12(15)14(18-10-17-13)19(4-2)9-11-6-5-8-20-11/h5-6,8,10H,3-4,7,9H2,1-2H3,(H,16,17,18). The molecular formula is C14H19BrN4O. The van der Waals surface area contributed by atoms with E-state index in [1.165, 1.54) is 0 Å². The van der Waals surface area contributed by atoms with Crippen LogP contribution in [0, 0.1) is 0 Å². The van der Waals surface area contributed by atoms with Crippen LogP contribution in [-0.4, -0.2) is 23.1 Å². The summed E-state index contributed by atoms with van der Waals surface area (Å²) in [6, 6.07) is 3.86. The second kappa shape index (κ2) is 7.28. The van der Waals surface area contributed by atoms with Gasteiger partial charge in [0.25, 0.3) is 0 Å². The minimum Gasteiger partial charge on any atom is -0.467 e. The zero-order valence-electron chi connectivity index (χ0n) is 11.8. The van der Waals surface area contributed by atoms with E-state index in [9.17, 15) is 0 Å². The lowest BCUT2D eigenvalue weighted by Gasteiger charge is -2.22. The van der Waals surface area contributed by atoms with Crippen LogP contribution in [0.3, 0.4) is 0 Å². The number of nitrogens with zero attached hydrogens (tertiary/aromatic N) is 3. The van der Waals surface area contributed by atoms with E-state index in [2.05, 4.69) is 50.0 Å². The van der Waals surface area contributed by atoms with Crippen molar-refractivity contribution in [3.8, 4) is 0 Å². The molecule has 0 fully saturated rings. The van der Waals surface area contributed by atoms with Crippen LogP contribution < -0.4 is 10.2 Å². The third-order valence-electron chi connectivity index (χ3n) is 2.92. The SMILES string of the molecule is CCCNc1ncnc(N(CC)Cc2ccco2)c1Br. The third-order valence-corrected chi connectivity index (χ3v) is 3.65. The molecule has 0 radical (unpaired) electrons. The van der Waals surface area contributed by atoms with E-state index < -0.39 is 0 Å². The fraction of sp³-hybridized carbons (Fsp3) is 0.429. The third kappa shape index (κ3) is 3.50. The van der Waals surface area contributed by atoms with Crippen molar-refractivity contribution in [3.63, 3.8) is 0 Å². The molecule has 0 aliphatic heterocycles. The van der Waals surface area contributed by atoms with Gasteiger partial charge in [0, 0.05) is 13.1 Å². The minimum absolute atomic E-state index is 0.687. The van der Waals surface area contributed by atoms with Gasteiger partial charge in [0.15, 0.2) is 0 Å². The number of hydrogen-bond donors (Lipinski definition) is 1. The molecule has 0 saturated carbocycles. The summed E-state index contributed by atoms with van der Waals surface area (Å²) in [5.41, 5.74) is 0. The summed E-state index contributed by atoms with van der Waals surface area (Å²) < 4.78 is 6.30. The number of hydrogen-bond acceptors (Lipinski definition) is 5. The Labute approximate surface area is 127 Å². The maximum Gasteiger partial charge on any atom is 0.148 e. The van der Waals surface area contributed by atoms with Crippen LogP contribution in [0.2, 0.25) is 0 Å². The first-order chi connectivity index (χ1) is 9.76. The van der Waals surface area contributed by atoms with E-state index >= 15 is 0 Å². The summed E-state index contributed by atoms with van der Waals surface area (Å²) >= 11 is 3.60. The van der Waals surface area contributed by atoms with Gasteiger partial charge in [-0.2, -0.15) is 0 Å². The molecule has 2 rings (SSSR count). The highest BCUT2D eigenvalue weighted by atomic mass is 79.9. The van der Waals surface area contributed by atoms with Gasteiger partial charge in [-0.25, -0.2) is 9.97 Å². The van der Waals surface area contributed by atoms with E-state index in [0.29, 0.717) is 6.54 Å². The van der Waals surface area contributed by atoms with E-state index in [-0.39, 0.29) is 0 Å². The second-order valence-corrected chi connectivity index (χ2v) is 5.17.